The lowest BCUT2D eigenvalue weighted by Gasteiger charge is -2.08. The molecule has 0 fully saturated rings. The zero-order valence-electron chi connectivity index (χ0n) is 10.6. The molecule has 4 nitrogen and oxygen atoms in total. The van der Waals surface area contributed by atoms with Gasteiger partial charge in [-0.05, 0) is 31.5 Å². The van der Waals surface area contributed by atoms with Crippen molar-refractivity contribution in [1.29, 1.82) is 0 Å². The van der Waals surface area contributed by atoms with Crippen molar-refractivity contribution in [2.45, 2.75) is 20.3 Å². The highest BCUT2D eigenvalue weighted by atomic mass is 16.5. The van der Waals surface area contributed by atoms with E-state index in [0.717, 1.165) is 5.56 Å². The van der Waals surface area contributed by atoms with Crippen molar-refractivity contribution in [3.05, 3.63) is 29.3 Å². The summed E-state index contributed by atoms with van der Waals surface area (Å²) in [6.07, 6.45) is -0.0829. The molecule has 0 saturated heterocycles. The van der Waals surface area contributed by atoms with E-state index in [1.807, 2.05) is 25.1 Å². The lowest BCUT2D eigenvalue weighted by Crippen LogP contribution is -2.14. The van der Waals surface area contributed by atoms with Crippen LogP contribution in [-0.4, -0.2) is 24.4 Å². The molecule has 1 aromatic rings. The molecule has 0 aliphatic carbocycles. The molecule has 0 aliphatic heterocycles. The first kappa shape index (κ1) is 14.1. The second-order valence-corrected chi connectivity index (χ2v) is 3.67. The summed E-state index contributed by atoms with van der Waals surface area (Å²) in [5.74, 6) is 5.73. The predicted molar refractivity (Wildman–Crippen MR) is 70.4 cm³/mol. The number of aliphatic hydroxyl groups is 1. The van der Waals surface area contributed by atoms with E-state index < -0.39 is 6.09 Å². The highest BCUT2D eigenvalue weighted by Crippen LogP contribution is 2.17. The Balaban J connectivity index is 2.90. The molecule has 0 spiro atoms. The Labute approximate surface area is 107 Å². The highest BCUT2D eigenvalue weighted by Gasteiger charge is 2.06. The van der Waals surface area contributed by atoms with Crippen LogP contribution in [0.3, 0.4) is 0 Å². The second kappa shape index (κ2) is 7.36. The Bertz CT molecular complexity index is 472. The summed E-state index contributed by atoms with van der Waals surface area (Å²) in [5.41, 5.74) is 2.36. The molecule has 0 unspecified atom stereocenters. The Hall–Kier alpha value is -1.99. The summed E-state index contributed by atoms with van der Waals surface area (Å²) < 4.78 is 4.83. The smallest absolute Gasteiger partial charge is 0.411 e. The van der Waals surface area contributed by atoms with Gasteiger partial charge < -0.3 is 9.84 Å². The van der Waals surface area contributed by atoms with Crippen molar-refractivity contribution >= 4 is 11.8 Å². The standard InChI is InChI=1S/C14H17NO3/c1-3-18-14(17)15-13-10-11(2)7-8-12(13)6-4-5-9-16/h7-8,10,16H,3,5,9H2,1-2H3,(H,15,17). The molecule has 0 aliphatic rings. The average Bonchev–Trinajstić information content (AvgIpc) is 2.32. The number of ether oxygens (including phenoxy) is 1. The topological polar surface area (TPSA) is 58.6 Å². The molecule has 0 atom stereocenters. The minimum Gasteiger partial charge on any atom is -0.450 e. The second-order valence-electron chi connectivity index (χ2n) is 3.67. The normalized spacial score (nSPS) is 9.28. The summed E-state index contributed by atoms with van der Waals surface area (Å²) in [6, 6.07) is 5.58. The van der Waals surface area contributed by atoms with Gasteiger partial charge in [-0.3, -0.25) is 5.32 Å². The average molecular weight is 247 g/mol. The molecule has 2 N–H and O–H groups in total. The largest absolute Gasteiger partial charge is 0.450 e. The van der Waals surface area contributed by atoms with E-state index in [4.69, 9.17) is 9.84 Å². The summed E-state index contributed by atoms with van der Waals surface area (Å²) in [7, 11) is 0. The van der Waals surface area contributed by atoms with E-state index in [9.17, 15) is 4.79 Å². The van der Waals surface area contributed by atoms with E-state index in [1.165, 1.54) is 0 Å². The SMILES string of the molecule is CCOC(=O)Nc1cc(C)ccc1C#CCCO. The van der Waals surface area contributed by atoms with E-state index in [1.54, 1.807) is 6.92 Å². The molecular formula is C14H17NO3. The molecule has 1 rings (SSSR count). The number of carbonyl (C=O) groups excluding carboxylic acids is 1. The number of nitrogens with one attached hydrogen (secondary N) is 1. The molecular weight excluding hydrogens is 230 g/mol. The van der Waals surface area contributed by atoms with Gasteiger partial charge in [-0.15, -0.1) is 0 Å². The van der Waals surface area contributed by atoms with Gasteiger partial charge in [-0.1, -0.05) is 17.9 Å². The quantitative estimate of drug-likeness (QED) is 0.806. The fourth-order valence-corrected chi connectivity index (χ4v) is 1.36. The van der Waals surface area contributed by atoms with E-state index >= 15 is 0 Å². The minimum atomic E-state index is -0.492. The number of amides is 1. The van der Waals surface area contributed by atoms with Crippen LogP contribution in [0, 0.1) is 18.8 Å². The molecule has 96 valence electrons. The molecule has 0 aromatic heterocycles. The van der Waals surface area contributed by atoms with Crippen molar-refractivity contribution < 1.29 is 14.6 Å². The molecule has 1 aromatic carbocycles. The Morgan fingerprint density at radius 2 is 2.28 bits per heavy atom. The number of carbonyl (C=O) groups is 1. The van der Waals surface area contributed by atoms with Gasteiger partial charge in [0, 0.05) is 12.0 Å². The monoisotopic (exact) mass is 247 g/mol. The van der Waals surface area contributed by atoms with Gasteiger partial charge in [0.25, 0.3) is 0 Å². The number of hydrogen-bond donors (Lipinski definition) is 2. The van der Waals surface area contributed by atoms with Crippen LogP contribution in [0.1, 0.15) is 24.5 Å². The van der Waals surface area contributed by atoms with Crippen LogP contribution in [0.25, 0.3) is 0 Å². The number of benzene rings is 1. The fraction of sp³-hybridized carbons (Fsp3) is 0.357. The number of aliphatic hydroxyl groups excluding tert-OH is 1. The van der Waals surface area contributed by atoms with Crippen LogP contribution in [0.4, 0.5) is 10.5 Å². The van der Waals surface area contributed by atoms with Gasteiger partial charge in [0.15, 0.2) is 0 Å². The zero-order chi connectivity index (χ0) is 13.4. The molecule has 1 amide bonds. The predicted octanol–water partition coefficient (Wildman–Crippen LogP) is 2.30. The van der Waals surface area contributed by atoms with Crippen molar-refractivity contribution in [3.63, 3.8) is 0 Å². The summed E-state index contributed by atoms with van der Waals surface area (Å²) in [4.78, 5) is 11.4. The summed E-state index contributed by atoms with van der Waals surface area (Å²) in [5, 5.41) is 11.3. The number of hydrogen-bond acceptors (Lipinski definition) is 3. The van der Waals surface area contributed by atoms with Gasteiger partial charge in [0.2, 0.25) is 0 Å². The van der Waals surface area contributed by atoms with Gasteiger partial charge in [-0.25, -0.2) is 4.79 Å². The highest BCUT2D eigenvalue weighted by molar-refractivity contribution is 5.86. The number of rotatable bonds is 3. The maximum Gasteiger partial charge on any atom is 0.411 e. The number of aryl methyl sites for hydroxylation is 1. The maximum absolute atomic E-state index is 11.4. The molecule has 0 bridgehead atoms. The lowest BCUT2D eigenvalue weighted by atomic mass is 10.1. The van der Waals surface area contributed by atoms with Crippen LogP contribution in [0.15, 0.2) is 18.2 Å². The minimum absolute atomic E-state index is 0.0273. The molecule has 4 heteroatoms. The first-order valence-corrected chi connectivity index (χ1v) is 5.81. The molecule has 0 radical (unpaired) electrons. The molecule has 0 saturated carbocycles. The van der Waals surface area contributed by atoms with Gasteiger partial charge >= 0.3 is 6.09 Å². The van der Waals surface area contributed by atoms with Gasteiger partial charge in [0.05, 0.1) is 18.9 Å². The third-order valence-corrected chi connectivity index (χ3v) is 2.15. The lowest BCUT2D eigenvalue weighted by molar-refractivity contribution is 0.168. The van der Waals surface area contributed by atoms with Crippen molar-refractivity contribution in [3.8, 4) is 11.8 Å². The third-order valence-electron chi connectivity index (χ3n) is 2.15. The number of anilines is 1. The van der Waals surface area contributed by atoms with Crippen molar-refractivity contribution in [2.24, 2.45) is 0 Å². The van der Waals surface area contributed by atoms with Crippen molar-refractivity contribution in [2.75, 3.05) is 18.5 Å². The zero-order valence-corrected chi connectivity index (χ0v) is 10.6. The Morgan fingerprint density at radius 1 is 1.50 bits per heavy atom. The summed E-state index contributed by atoms with van der Waals surface area (Å²) in [6.45, 7) is 4.03. The van der Waals surface area contributed by atoms with Gasteiger partial charge in [0.1, 0.15) is 0 Å². The summed E-state index contributed by atoms with van der Waals surface area (Å²) >= 11 is 0. The van der Waals surface area contributed by atoms with Gasteiger partial charge in [-0.2, -0.15) is 0 Å². The van der Waals surface area contributed by atoms with Crippen LogP contribution in [0.2, 0.25) is 0 Å². The van der Waals surface area contributed by atoms with Crippen LogP contribution in [0.5, 0.6) is 0 Å². The van der Waals surface area contributed by atoms with Crippen LogP contribution < -0.4 is 5.32 Å². The van der Waals surface area contributed by atoms with Crippen molar-refractivity contribution in [1.82, 2.24) is 0 Å². The maximum atomic E-state index is 11.4. The Kier molecular flexibility index (Phi) is 5.75. The first-order valence-electron chi connectivity index (χ1n) is 5.81. The van der Waals surface area contributed by atoms with E-state index in [0.29, 0.717) is 24.3 Å². The third kappa shape index (κ3) is 4.48. The van der Waals surface area contributed by atoms with E-state index in [-0.39, 0.29) is 6.61 Å². The first-order chi connectivity index (χ1) is 8.67. The Morgan fingerprint density at radius 3 is 2.94 bits per heavy atom. The molecule has 18 heavy (non-hydrogen) atoms. The molecule has 0 heterocycles. The van der Waals surface area contributed by atoms with Crippen LogP contribution in [-0.2, 0) is 4.74 Å². The van der Waals surface area contributed by atoms with Crippen LogP contribution >= 0.6 is 0 Å². The fourth-order valence-electron chi connectivity index (χ4n) is 1.36. The van der Waals surface area contributed by atoms with E-state index in [2.05, 4.69) is 17.2 Å².